The first-order chi connectivity index (χ1) is 14.4. The third kappa shape index (κ3) is 4.63. The van der Waals surface area contributed by atoms with Gasteiger partial charge in [0.25, 0.3) is 0 Å². The minimum absolute atomic E-state index is 0.0698. The summed E-state index contributed by atoms with van der Waals surface area (Å²) in [5, 5.41) is 3.15. The van der Waals surface area contributed by atoms with E-state index in [4.69, 9.17) is 0 Å². The van der Waals surface area contributed by atoms with Crippen molar-refractivity contribution in [3.8, 4) is 0 Å². The van der Waals surface area contributed by atoms with Gasteiger partial charge in [-0.1, -0.05) is 59.5 Å². The molecule has 2 aromatic carbocycles. The van der Waals surface area contributed by atoms with Gasteiger partial charge in [-0.2, -0.15) is 4.31 Å². The normalized spacial score (nSPS) is 20.5. The van der Waals surface area contributed by atoms with E-state index in [1.807, 2.05) is 24.3 Å². The van der Waals surface area contributed by atoms with Crippen LogP contribution in [0.2, 0.25) is 0 Å². The fourth-order valence-corrected chi connectivity index (χ4v) is 6.45. The summed E-state index contributed by atoms with van der Waals surface area (Å²) < 4.78 is 29.3. The van der Waals surface area contributed by atoms with Gasteiger partial charge in [0.2, 0.25) is 15.9 Å². The van der Waals surface area contributed by atoms with Crippen molar-refractivity contribution in [2.24, 2.45) is 0 Å². The quantitative estimate of drug-likeness (QED) is 0.666. The minimum Gasteiger partial charge on any atom is -0.353 e. The molecule has 1 amide bonds. The van der Waals surface area contributed by atoms with Crippen LogP contribution in [0, 0.1) is 0 Å². The molecule has 0 saturated heterocycles. The van der Waals surface area contributed by atoms with Gasteiger partial charge >= 0.3 is 0 Å². The second kappa shape index (κ2) is 9.20. The molecule has 1 atom stereocenters. The van der Waals surface area contributed by atoms with E-state index in [-0.39, 0.29) is 23.3 Å². The second-order valence-electron chi connectivity index (χ2n) is 8.14. The van der Waals surface area contributed by atoms with Crippen molar-refractivity contribution < 1.29 is 13.2 Å². The summed E-state index contributed by atoms with van der Waals surface area (Å²) in [6.45, 7) is 0.372. The van der Waals surface area contributed by atoms with Gasteiger partial charge in [0.15, 0.2) is 0 Å². The number of sulfonamides is 1. The molecule has 2 aliphatic rings. The molecule has 30 heavy (non-hydrogen) atoms. The maximum absolute atomic E-state index is 13.5. The Kier molecular flexibility index (Phi) is 6.60. The Morgan fingerprint density at radius 1 is 1.03 bits per heavy atom. The van der Waals surface area contributed by atoms with Gasteiger partial charge in [-0.25, -0.2) is 8.42 Å². The van der Waals surface area contributed by atoms with Crippen LogP contribution in [0.25, 0.3) is 0 Å². The monoisotopic (exact) mass is 490 g/mol. The Balaban J connectivity index is 1.62. The van der Waals surface area contributed by atoms with E-state index in [0.717, 1.165) is 41.3 Å². The van der Waals surface area contributed by atoms with Crippen LogP contribution in [-0.4, -0.2) is 31.2 Å². The molecule has 2 aromatic rings. The average molecular weight is 491 g/mol. The number of amides is 1. The second-order valence-corrected chi connectivity index (χ2v) is 10.9. The molecule has 1 N–H and O–H groups in total. The zero-order valence-corrected chi connectivity index (χ0v) is 19.3. The van der Waals surface area contributed by atoms with Crippen molar-refractivity contribution in [3.63, 3.8) is 0 Å². The fraction of sp³-hybridized carbons (Fsp3) is 0.435. The number of benzene rings is 2. The largest absolute Gasteiger partial charge is 0.353 e. The molecule has 1 aliphatic heterocycles. The van der Waals surface area contributed by atoms with E-state index in [0.29, 0.717) is 13.0 Å². The lowest BCUT2D eigenvalue weighted by atomic mass is 9.91. The third-order valence-corrected chi connectivity index (χ3v) is 8.58. The smallest absolute Gasteiger partial charge is 0.243 e. The molecule has 5 nitrogen and oxygen atoms in total. The highest BCUT2D eigenvalue weighted by atomic mass is 79.9. The highest BCUT2D eigenvalue weighted by molar-refractivity contribution is 9.10. The van der Waals surface area contributed by atoms with E-state index in [9.17, 15) is 13.2 Å². The van der Waals surface area contributed by atoms with Gasteiger partial charge in [0.1, 0.15) is 0 Å². The number of carbonyl (C=O) groups is 1. The summed E-state index contributed by atoms with van der Waals surface area (Å²) in [5.74, 6) is -0.0698. The van der Waals surface area contributed by atoms with Crippen molar-refractivity contribution in [2.75, 3.05) is 6.54 Å². The predicted octanol–water partition coefficient (Wildman–Crippen LogP) is 4.58. The molecule has 0 aromatic heterocycles. The molecule has 7 heteroatoms. The van der Waals surface area contributed by atoms with E-state index in [1.165, 1.54) is 10.7 Å². The maximum Gasteiger partial charge on any atom is 0.243 e. The molecule has 1 heterocycles. The van der Waals surface area contributed by atoms with Crippen LogP contribution in [0.1, 0.15) is 55.7 Å². The lowest BCUT2D eigenvalue weighted by molar-refractivity contribution is -0.123. The zero-order chi connectivity index (χ0) is 21.1. The van der Waals surface area contributed by atoms with Gasteiger partial charge in [0.05, 0.1) is 10.9 Å². The van der Waals surface area contributed by atoms with Crippen LogP contribution in [0.3, 0.4) is 0 Å². The van der Waals surface area contributed by atoms with Crippen LogP contribution in [-0.2, 0) is 21.2 Å². The highest BCUT2D eigenvalue weighted by Gasteiger charge is 2.37. The molecule has 1 aliphatic carbocycles. The zero-order valence-electron chi connectivity index (χ0n) is 16.9. The summed E-state index contributed by atoms with van der Waals surface area (Å²) >= 11 is 3.36. The minimum atomic E-state index is -3.72. The summed E-state index contributed by atoms with van der Waals surface area (Å²) in [7, 11) is -3.72. The van der Waals surface area contributed by atoms with E-state index < -0.39 is 16.1 Å². The SMILES string of the molecule is O=C(C[C@H]1c2ccccc2CCN1S(=O)(=O)c1ccc(Br)cc1)NC1CCCCC1. The Hall–Kier alpha value is -1.70. The third-order valence-electron chi connectivity index (χ3n) is 6.13. The number of nitrogens with zero attached hydrogens (tertiary/aromatic N) is 1. The number of hydrogen-bond donors (Lipinski definition) is 1. The Bertz CT molecular complexity index is 1000. The lowest BCUT2D eigenvalue weighted by Gasteiger charge is -2.36. The average Bonchev–Trinajstić information content (AvgIpc) is 2.75. The van der Waals surface area contributed by atoms with Crippen molar-refractivity contribution in [1.29, 1.82) is 0 Å². The van der Waals surface area contributed by atoms with Crippen LogP contribution in [0.15, 0.2) is 57.9 Å². The van der Waals surface area contributed by atoms with Crippen LogP contribution in [0.5, 0.6) is 0 Å². The molecule has 160 valence electrons. The standard InChI is InChI=1S/C23H27BrN2O3S/c24-18-10-12-20(13-11-18)30(28,29)26-15-14-17-6-4-5-9-21(17)22(26)16-23(27)25-19-7-2-1-3-8-19/h4-6,9-13,19,22H,1-3,7-8,14-16H2,(H,25,27)/t22-/m0/s1. The first kappa shape index (κ1) is 21.5. The van der Waals surface area contributed by atoms with Gasteiger partial charge in [-0.3, -0.25) is 4.79 Å². The van der Waals surface area contributed by atoms with Crippen LogP contribution >= 0.6 is 15.9 Å². The van der Waals surface area contributed by atoms with E-state index >= 15 is 0 Å². The van der Waals surface area contributed by atoms with Crippen molar-refractivity contribution in [2.45, 2.75) is 61.9 Å². The lowest BCUT2D eigenvalue weighted by Crippen LogP contribution is -2.43. The van der Waals surface area contributed by atoms with Crippen LogP contribution < -0.4 is 5.32 Å². The number of nitrogens with one attached hydrogen (secondary N) is 1. The number of hydrogen-bond acceptors (Lipinski definition) is 3. The number of halogens is 1. The van der Waals surface area contributed by atoms with Gasteiger partial charge < -0.3 is 5.32 Å². The molecule has 0 unspecified atom stereocenters. The van der Waals surface area contributed by atoms with Crippen molar-refractivity contribution in [1.82, 2.24) is 9.62 Å². The molecule has 4 rings (SSSR count). The predicted molar refractivity (Wildman–Crippen MR) is 121 cm³/mol. The van der Waals surface area contributed by atoms with Gasteiger partial charge in [-0.15, -0.1) is 0 Å². The van der Waals surface area contributed by atoms with Crippen molar-refractivity contribution >= 4 is 31.9 Å². The molecular formula is C23H27BrN2O3S. The Morgan fingerprint density at radius 2 is 1.73 bits per heavy atom. The number of rotatable bonds is 5. The highest BCUT2D eigenvalue weighted by Crippen LogP contribution is 2.36. The molecule has 0 bridgehead atoms. The summed E-state index contributed by atoms with van der Waals surface area (Å²) in [6.07, 6.45) is 6.31. The maximum atomic E-state index is 13.5. The first-order valence-electron chi connectivity index (χ1n) is 10.6. The summed E-state index contributed by atoms with van der Waals surface area (Å²) in [5.41, 5.74) is 2.05. The summed E-state index contributed by atoms with van der Waals surface area (Å²) in [4.78, 5) is 13.2. The number of carbonyl (C=O) groups excluding carboxylic acids is 1. The molecule has 0 radical (unpaired) electrons. The van der Waals surface area contributed by atoms with Gasteiger partial charge in [0, 0.05) is 23.5 Å². The fourth-order valence-electron chi connectivity index (χ4n) is 4.58. The van der Waals surface area contributed by atoms with Crippen LogP contribution in [0.4, 0.5) is 0 Å². The Labute approximate surface area is 187 Å². The van der Waals surface area contributed by atoms with E-state index in [1.54, 1.807) is 24.3 Å². The van der Waals surface area contributed by atoms with Crippen molar-refractivity contribution in [3.05, 3.63) is 64.1 Å². The molecule has 0 spiro atoms. The van der Waals surface area contributed by atoms with E-state index in [2.05, 4.69) is 21.2 Å². The molecule has 1 saturated carbocycles. The van der Waals surface area contributed by atoms with Gasteiger partial charge in [-0.05, 0) is 54.7 Å². The first-order valence-corrected chi connectivity index (χ1v) is 12.8. The topological polar surface area (TPSA) is 66.5 Å². The number of fused-ring (bicyclic) bond motifs is 1. The summed E-state index contributed by atoms with van der Waals surface area (Å²) in [6, 6.07) is 14.3. The Morgan fingerprint density at radius 3 is 2.47 bits per heavy atom. The molecule has 1 fully saturated rings. The molecular weight excluding hydrogens is 464 g/mol.